The van der Waals surface area contributed by atoms with Gasteiger partial charge in [-0.2, -0.15) is 0 Å². The number of nitrogens with zero attached hydrogens (tertiary/aromatic N) is 2. The third kappa shape index (κ3) is 2.85. The molecule has 0 bridgehead atoms. The van der Waals surface area contributed by atoms with E-state index in [0.717, 1.165) is 4.90 Å². The molecule has 2 rings (SSSR count). The number of hydrogen-bond donors (Lipinski definition) is 1. The van der Waals surface area contributed by atoms with Crippen LogP contribution in [0.25, 0.3) is 0 Å². The number of carbonyl (C=O) groups excluding carboxylic acids is 1. The summed E-state index contributed by atoms with van der Waals surface area (Å²) in [6, 6.07) is 4.77. The number of carboxylic acids is 1. The van der Waals surface area contributed by atoms with Crippen molar-refractivity contribution >= 4 is 17.7 Å². The van der Waals surface area contributed by atoms with E-state index < -0.39 is 23.0 Å². The van der Waals surface area contributed by atoms with Crippen molar-refractivity contribution in [2.75, 3.05) is 6.54 Å². The van der Waals surface area contributed by atoms with Gasteiger partial charge in [-0.3, -0.25) is 15.0 Å². The standard InChI is InChI=1S/C12H12N2O6/c15-11(16)10-5-6-13(10)12(17)20-7-8-1-3-9(4-2-8)14(18)19/h1-4,10H,5-7H2,(H,15,16)/t10-/m1/s1. The molecule has 1 N–H and O–H groups in total. The quantitative estimate of drug-likeness (QED) is 0.659. The number of nitro groups is 1. The van der Waals surface area contributed by atoms with E-state index in [1.165, 1.54) is 24.3 Å². The lowest BCUT2D eigenvalue weighted by Gasteiger charge is -2.36. The molecule has 0 aliphatic carbocycles. The number of amides is 1. The van der Waals surface area contributed by atoms with Gasteiger partial charge in [0, 0.05) is 18.7 Å². The van der Waals surface area contributed by atoms with E-state index in [-0.39, 0.29) is 12.3 Å². The van der Waals surface area contributed by atoms with Crippen LogP contribution in [0.4, 0.5) is 10.5 Å². The van der Waals surface area contributed by atoms with Crippen LogP contribution >= 0.6 is 0 Å². The third-order valence-corrected chi connectivity index (χ3v) is 3.05. The zero-order chi connectivity index (χ0) is 14.7. The van der Waals surface area contributed by atoms with Gasteiger partial charge in [0.1, 0.15) is 12.6 Å². The zero-order valence-electron chi connectivity index (χ0n) is 10.4. The summed E-state index contributed by atoms with van der Waals surface area (Å²) < 4.78 is 4.97. The summed E-state index contributed by atoms with van der Waals surface area (Å²) in [6.07, 6.45) is -0.274. The van der Waals surface area contributed by atoms with Gasteiger partial charge in [0.2, 0.25) is 0 Å². The maximum atomic E-state index is 11.6. The molecule has 20 heavy (non-hydrogen) atoms. The fourth-order valence-corrected chi connectivity index (χ4v) is 1.80. The number of non-ortho nitro benzene ring substituents is 1. The van der Waals surface area contributed by atoms with E-state index in [1.807, 2.05) is 0 Å². The van der Waals surface area contributed by atoms with Crippen molar-refractivity contribution < 1.29 is 24.4 Å². The highest BCUT2D eigenvalue weighted by Crippen LogP contribution is 2.19. The summed E-state index contributed by atoms with van der Waals surface area (Å²) in [7, 11) is 0. The molecule has 1 aromatic rings. The fraction of sp³-hybridized carbons (Fsp3) is 0.333. The average molecular weight is 280 g/mol. The summed E-state index contributed by atoms with van der Waals surface area (Å²) in [4.78, 5) is 33.5. The van der Waals surface area contributed by atoms with Gasteiger partial charge in [-0.15, -0.1) is 0 Å². The highest BCUT2D eigenvalue weighted by atomic mass is 16.6. The lowest BCUT2D eigenvalue weighted by Crippen LogP contribution is -2.55. The molecule has 8 nitrogen and oxygen atoms in total. The Morgan fingerprint density at radius 1 is 1.40 bits per heavy atom. The number of ether oxygens (including phenoxy) is 1. The first-order valence-corrected chi connectivity index (χ1v) is 5.88. The minimum Gasteiger partial charge on any atom is -0.480 e. The molecule has 0 aromatic heterocycles. The monoisotopic (exact) mass is 280 g/mol. The molecule has 1 fully saturated rings. The Balaban J connectivity index is 1.87. The summed E-state index contributed by atoms with van der Waals surface area (Å²) >= 11 is 0. The number of rotatable bonds is 4. The van der Waals surface area contributed by atoms with Gasteiger partial charge < -0.3 is 9.84 Å². The van der Waals surface area contributed by atoms with Gasteiger partial charge in [0.25, 0.3) is 5.69 Å². The summed E-state index contributed by atoms with van der Waals surface area (Å²) in [5, 5.41) is 19.3. The van der Waals surface area contributed by atoms with Gasteiger partial charge >= 0.3 is 12.1 Å². The third-order valence-electron chi connectivity index (χ3n) is 3.05. The second kappa shape index (κ2) is 5.55. The highest BCUT2D eigenvalue weighted by molar-refractivity contribution is 5.81. The molecule has 106 valence electrons. The van der Waals surface area contributed by atoms with Crippen LogP contribution < -0.4 is 0 Å². The van der Waals surface area contributed by atoms with Crippen molar-refractivity contribution in [2.24, 2.45) is 0 Å². The Labute approximate surface area is 113 Å². The summed E-state index contributed by atoms with van der Waals surface area (Å²) in [5.74, 6) is -1.05. The number of carbonyl (C=O) groups is 2. The molecule has 0 radical (unpaired) electrons. The number of hydrogen-bond acceptors (Lipinski definition) is 5. The van der Waals surface area contributed by atoms with E-state index in [9.17, 15) is 19.7 Å². The van der Waals surface area contributed by atoms with E-state index in [4.69, 9.17) is 9.84 Å². The van der Waals surface area contributed by atoms with Crippen LogP contribution in [-0.2, 0) is 16.1 Å². The highest BCUT2D eigenvalue weighted by Gasteiger charge is 2.38. The van der Waals surface area contributed by atoms with E-state index in [2.05, 4.69) is 0 Å². The van der Waals surface area contributed by atoms with Crippen molar-refractivity contribution in [1.29, 1.82) is 0 Å². The Morgan fingerprint density at radius 2 is 2.05 bits per heavy atom. The van der Waals surface area contributed by atoms with Crippen LogP contribution in [-0.4, -0.2) is 39.6 Å². The van der Waals surface area contributed by atoms with Gasteiger partial charge in [0.15, 0.2) is 0 Å². The van der Waals surface area contributed by atoms with Gasteiger partial charge in [-0.05, 0) is 24.1 Å². The Hall–Kier alpha value is -2.64. The topological polar surface area (TPSA) is 110 Å². The van der Waals surface area contributed by atoms with Crippen molar-refractivity contribution in [2.45, 2.75) is 19.1 Å². The van der Waals surface area contributed by atoms with Gasteiger partial charge in [-0.25, -0.2) is 9.59 Å². The Morgan fingerprint density at radius 3 is 2.50 bits per heavy atom. The fourth-order valence-electron chi connectivity index (χ4n) is 1.80. The van der Waals surface area contributed by atoms with E-state index in [1.54, 1.807) is 0 Å². The van der Waals surface area contributed by atoms with Gasteiger partial charge in [-0.1, -0.05) is 0 Å². The van der Waals surface area contributed by atoms with Crippen molar-refractivity contribution in [3.05, 3.63) is 39.9 Å². The van der Waals surface area contributed by atoms with Crippen LogP contribution in [0.1, 0.15) is 12.0 Å². The number of aliphatic carboxylic acids is 1. The van der Waals surface area contributed by atoms with Crippen molar-refractivity contribution in [1.82, 2.24) is 4.90 Å². The molecule has 1 saturated heterocycles. The van der Waals surface area contributed by atoms with Gasteiger partial charge in [0.05, 0.1) is 4.92 Å². The normalized spacial score (nSPS) is 17.2. The molecule has 0 saturated carbocycles. The maximum absolute atomic E-state index is 11.6. The first-order valence-electron chi connectivity index (χ1n) is 5.88. The molecular weight excluding hydrogens is 268 g/mol. The molecule has 0 unspecified atom stereocenters. The van der Waals surface area contributed by atoms with Crippen LogP contribution in [0.15, 0.2) is 24.3 Å². The molecular formula is C12H12N2O6. The summed E-state index contributed by atoms with van der Waals surface area (Å²) in [5.41, 5.74) is 0.546. The molecule has 8 heteroatoms. The van der Waals surface area contributed by atoms with E-state index >= 15 is 0 Å². The predicted octanol–water partition coefficient (Wildman–Crippen LogP) is 1.39. The second-order valence-corrected chi connectivity index (χ2v) is 4.31. The smallest absolute Gasteiger partial charge is 0.410 e. The zero-order valence-corrected chi connectivity index (χ0v) is 10.4. The molecule has 1 aliphatic heterocycles. The van der Waals surface area contributed by atoms with Crippen molar-refractivity contribution in [3.8, 4) is 0 Å². The van der Waals surface area contributed by atoms with E-state index in [0.29, 0.717) is 18.5 Å². The molecule has 1 amide bonds. The lowest BCUT2D eigenvalue weighted by molar-refractivity contribution is -0.384. The second-order valence-electron chi connectivity index (χ2n) is 4.31. The maximum Gasteiger partial charge on any atom is 0.410 e. The number of benzene rings is 1. The van der Waals surface area contributed by atoms with Crippen LogP contribution in [0.2, 0.25) is 0 Å². The number of nitro benzene ring substituents is 1. The van der Waals surface area contributed by atoms with Crippen LogP contribution in [0.5, 0.6) is 0 Å². The molecule has 1 aromatic carbocycles. The molecule has 1 atom stereocenters. The minimum absolute atomic E-state index is 0.0474. The Kier molecular flexibility index (Phi) is 3.83. The van der Waals surface area contributed by atoms with Crippen LogP contribution in [0, 0.1) is 10.1 Å². The van der Waals surface area contributed by atoms with Crippen LogP contribution in [0.3, 0.4) is 0 Å². The largest absolute Gasteiger partial charge is 0.480 e. The van der Waals surface area contributed by atoms with Crippen molar-refractivity contribution in [3.63, 3.8) is 0 Å². The molecule has 0 spiro atoms. The number of likely N-dealkylation sites (tertiary alicyclic amines) is 1. The molecule has 1 heterocycles. The first kappa shape index (κ1) is 13.8. The SMILES string of the molecule is O=C(O)[C@H]1CCN1C(=O)OCc1ccc([N+](=O)[O-])cc1. The lowest BCUT2D eigenvalue weighted by atomic mass is 10.1. The Bertz CT molecular complexity index is 541. The summed E-state index contributed by atoms with van der Waals surface area (Å²) in [6.45, 7) is 0.301. The molecule has 1 aliphatic rings. The average Bonchev–Trinajstić information content (AvgIpc) is 2.34. The minimum atomic E-state index is -1.05. The first-order chi connectivity index (χ1) is 9.49. The number of carboxylic acid groups (broad SMARTS) is 1. The predicted molar refractivity (Wildman–Crippen MR) is 66.0 cm³/mol.